The summed E-state index contributed by atoms with van der Waals surface area (Å²) in [5.74, 6) is 1.24. The molecule has 5 rings (SSSR count). The van der Waals surface area contributed by atoms with Crippen LogP contribution in [0.5, 0.6) is 0 Å². The van der Waals surface area contributed by atoms with E-state index in [0.717, 1.165) is 49.8 Å². The van der Waals surface area contributed by atoms with Crippen molar-refractivity contribution >= 4 is 39.2 Å². The van der Waals surface area contributed by atoms with Crippen molar-refractivity contribution in [2.45, 2.75) is 31.7 Å². The van der Waals surface area contributed by atoms with Gasteiger partial charge >= 0.3 is 0 Å². The molecule has 0 saturated carbocycles. The number of aromatic nitrogens is 3. The Balaban J connectivity index is 1.24. The van der Waals surface area contributed by atoms with Crippen LogP contribution in [0.2, 0.25) is 0 Å². The van der Waals surface area contributed by atoms with Gasteiger partial charge in [-0.25, -0.2) is 4.98 Å². The van der Waals surface area contributed by atoms with Crippen molar-refractivity contribution in [3.63, 3.8) is 0 Å². The molecule has 2 amide bonds. The van der Waals surface area contributed by atoms with Gasteiger partial charge in [0.1, 0.15) is 11.9 Å². The number of amides is 2. The van der Waals surface area contributed by atoms with Gasteiger partial charge in [0.25, 0.3) is 0 Å². The molecule has 0 aliphatic carbocycles. The highest BCUT2D eigenvalue weighted by atomic mass is 32.1. The molecule has 1 unspecified atom stereocenters. The molecule has 158 valence electrons. The molecule has 0 bridgehead atoms. The fourth-order valence-electron chi connectivity index (χ4n) is 4.44. The normalized spacial score (nSPS) is 22.3. The topological polar surface area (TPSA) is 85.8 Å². The summed E-state index contributed by atoms with van der Waals surface area (Å²) in [5, 5.41) is 9.95. The standard InChI is InChI=1S/C20H25N7O2S/c28-17-7-4-10-27(17)20-23-22-19(30-20)26-9-3-5-15(26)18(29)25-13-11-24(12-14-25)16-6-1-2-8-21-16/h1-2,6,8,15H,3-5,7,9-14H2. The molecule has 2 aromatic rings. The van der Waals surface area contributed by atoms with Gasteiger partial charge in [0.05, 0.1) is 0 Å². The van der Waals surface area contributed by atoms with E-state index in [-0.39, 0.29) is 17.9 Å². The summed E-state index contributed by atoms with van der Waals surface area (Å²) in [6.45, 7) is 4.47. The molecule has 0 N–H and O–H groups in total. The molecular weight excluding hydrogens is 402 g/mol. The molecule has 0 aromatic carbocycles. The number of carbonyl (C=O) groups is 2. The van der Waals surface area contributed by atoms with Crippen molar-refractivity contribution in [3.8, 4) is 0 Å². The smallest absolute Gasteiger partial charge is 0.245 e. The van der Waals surface area contributed by atoms with Gasteiger partial charge in [-0.05, 0) is 31.4 Å². The van der Waals surface area contributed by atoms with Crippen LogP contribution in [0.25, 0.3) is 0 Å². The molecule has 2 aromatic heterocycles. The summed E-state index contributed by atoms with van der Waals surface area (Å²) in [4.78, 5) is 37.7. The first kappa shape index (κ1) is 19.2. The summed E-state index contributed by atoms with van der Waals surface area (Å²) < 4.78 is 0. The Morgan fingerprint density at radius 3 is 2.57 bits per heavy atom. The fraction of sp³-hybridized carbons (Fsp3) is 0.550. The number of hydrogen-bond donors (Lipinski definition) is 0. The second kappa shape index (κ2) is 8.17. The Labute approximate surface area is 179 Å². The van der Waals surface area contributed by atoms with E-state index in [9.17, 15) is 9.59 Å². The molecule has 1 atom stereocenters. The monoisotopic (exact) mass is 427 g/mol. The van der Waals surface area contributed by atoms with E-state index in [4.69, 9.17) is 0 Å². The van der Waals surface area contributed by atoms with E-state index in [1.54, 1.807) is 11.1 Å². The van der Waals surface area contributed by atoms with Crippen molar-refractivity contribution in [1.82, 2.24) is 20.1 Å². The molecule has 3 aliphatic rings. The summed E-state index contributed by atoms with van der Waals surface area (Å²) in [7, 11) is 0. The predicted molar refractivity (Wildman–Crippen MR) is 115 cm³/mol. The molecule has 30 heavy (non-hydrogen) atoms. The molecule has 3 saturated heterocycles. The van der Waals surface area contributed by atoms with Crippen LogP contribution in [0, 0.1) is 0 Å². The molecule has 10 heteroatoms. The van der Waals surface area contributed by atoms with Crippen molar-refractivity contribution in [2.24, 2.45) is 0 Å². The average molecular weight is 428 g/mol. The maximum absolute atomic E-state index is 13.3. The quantitative estimate of drug-likeness (QED) is 0.729. The summed E-state index contributed by atoms with van der Waals surface area (Å²) in [6.07, 6.45) is 5.03. The molecule has 9 nitrogen and oxygen atoms in total. The lowest BCUT2D eigenvalue weighted by molar-refractivity contribution is -0.132. The number of anilines is 3. The summed E-state index contributed by atoms with van der Waals surface area (Å²) >= 11 is 1.42. The van der Waals surface area contributed by atoms with Crippen LogP contribution in [0.4, 0.5) is 16.1 Å². The van der Waals surface area contributed by atoms with Gasteiger partial charge in [0.2, 0.25) is 22.1 Å². The van der Waals surface area contributed by atoms with Crippen molar-refractivity contribution in [2.75, 3.05) is 54.0 Å². The lowest BCUT2D eigenvalue weighted by Crippen LogP contribution is -2.54. The fourth-order valence-corrected chi connectivity index (χ4v) is 5.41. The Kier molecular flexibility index (Phi) is 5.24. The molecule has 5 heterocycles. The lowest BCUT2D eigenvalue weighted by atomic mass is 10.1. The van der Waals surface area contributed by atoms with Gasteiger partial charge in [-0.2, -0.15) is 0 Å². The number of nitrogens with zero attached hydrogens (tertiary/aromatic N) is 7. The van der Waals surface area contributed by atoms with E-state index in [1.807, 2.05) is 23.1 Å². The largest absolute Gasteiger partial charge is 0.353 e. The van der Waals surface area contributed by atoms with E-state index in [2.05, 4.69) is 25.0 Å². The number of piperazine rings is 1. The number of carbonyl (C=O) groups excluding carboxylic acids is 2. The Hall–Kier alpha value is -2.75. The first-order valence-corrected chi connectivity index (χ1v) is 11.4. The van der Waals surface area contributed by atoms with Crippen LogP contribution < -0.4 is 14.7 Å². The van der Waals surface area contributed by atoms with Gasteiger partial charge < -0.3 is 14.7 Å². The third kappa shape index (κ3) is 3.60. The number of rotatable bonds is 4. The molecule has 3 fully saturated rings. The summed E-state index contributed by atoms with van der Waals surface area (Å²) in [5.41, 5.74) is 0. The first-order chi connectivity index (χ1) is 14.7. The van der Waals surface area contributed by atoms with E-state index in [1.165, 1.54) is 11.3 Å². The van der Waals surface area contributed by atoms with E-state index >= 15 is 0 Å². The zero-order valence-electron chi connectivity index (χ0n) is 16.8. The van der Waals surface area contributed by atoms with Crippen LogP contribution in [-0.2, 0) is 9.59 Å². The maximum atomic E-state index is 13.3. The van der Waals surface area contributed by atoms with Crippen LogP contribution >= 0.6 is 11.3 Å². The first-order valence-electron chi connectivity index (χ1n) is 10.6. The highest BCUT2D eigenvalue weighted by Crippen LogP contribution is 2.34. The van der Waals surface area contributed by atoms with Crippen LogP contribution in [-0.4, -0.2) is 77.2 Å². The van der Waals surface area contributed by atoms with Crippen molar-refractivity contribution in [3.05, 3.63) is 24.4 Å². The van der Waals surface area contributed by atoms with Crippen LogP contribution in [0.15, 0.2) is 24.4 Å². The van der Waals surface area contributed by atoms with Gasteiger partial charge in [0.15, 0.2) is 0 Å². The third-order valence-corrected chi connectivity index (χ3v) is 7.04. The summed E-state index contributed by atoms with van der Waals surface area (Å²) in [6, 6.07) is 5.72. The number of pyridine rings is 1. The van der Waals surface area contributed by atoms with Crippen LogP contribution in [0.1, 0.15) is 25.7 Å². The maximum Gasteiger partial charge on any atom is 0.245 e. The molecular formula is C20H25N7O2S. The van der Waals surface area contributed by atoms with Gasteiger partial charge in [0, 0.05) is 51.9 Å². The van der Waals surface area contributed by atoms with Crippen LogP contribution in [0.3, 0.4) is 0 Å². The lowest BCUT2D eigenvalue weighted by Gasteiger charge is -2.37. The van der Waals surface area contributed by atoms with E-state index in [0.29, 0.717) is 31.2 Å². The number of hydrogen-bond acceptors (Lipinski definition) is 8. The second-order valence-electron chi connectivity index (χ2n) is 7.87. The minimum atomic E-state index is -0.193. The zero-order valence-corrected chi connectivity index (χ0v) is 17.6. The van der Waals surface area contributed by atoms with Crippen molar-refractivity contribution in [1.29, 1.82) is 0 Å². The Bertz CT molecular complexity index is 913. The Morgan fingerprint density at radius 2 is 1.83 bits per heavy atom. The average Bonchev–Trinajstić information content (AvgIpc) is 3.54. The highest BCUT2D eigenvalue weighted by molar-refractivity contribution is 7.19. The van der Waals surface area contributed by atoms with Gasteiger partial charge in [-0.3, -0.25) is 14.5 Å². The molecule has 0 radical (unpaired) electrons. The SMILES string of the molecule is O=C(C1CCCN1c1nnc(N2CCCC2=O)s1)N1CCN(c2ccccn2)CC1. The van der Waals surface area contributed by atoms with Gasteiger partial charge in [-0.1, -0.05) is 17.4 Å². The van der Waals surface area contributed by atoms with Crippen molar-refractivity contribution < 1.29 is 9.59 Å². The molecule has 0 spiro atoms. The zero-order chi connectivity index (χ0) is 20.5. The second-order valence-corrected chi connectivity index (χ2v) is 8.80. The predicted octanol–water partition coefficient (Wildman–Crippen LogP) is 1.38. The minimum Gasteiger partial charge on any atom is -0.353 e. The highest BCUT2D eigenvalue weighted by Gasteiger charge is 2.37. The Morgan fingerprint density at radius 1 is 1.00 bits per heavy atom. The minimum absolute atomic E-state index is 0.109. The van der Waals surface area contributed by atoms with E-state index < -0.39 is 0 Å². The third-order valence-electron chi connectivity index (χ3n) is 6.06. The van der Waals surface area contributed by atoms with Gasteiger partial charge in [-0.15, -0.1) is 10.2 Å². The molecule has 3 aliphatic heterocycles.